The van der Waals surface area contributed by atoms with Crippen molar-refractivity contribution in [2.24, 2.45) is 0 Å². The first-order valence-electron chi connectivity index (χ1n) is 7.39. The highest BCUT2D eigenvalue weighted by Gasteiger charge is 2.09. The lowest BCUT2D eigenvalue weighted by atomic mass is 10.1. The molecule has 3 rings (SSSR count). The van der Waals surface area contributed by atoms with E-state index in [4.69, 9.17) is 5.41 Å². The fraction of sp³-hybridized carbons (Fsp3) is 0.111. The predicted molar refractivity (Wildman–Crippen MR) is 97.7 cm³/mol. The molecule has 0 amide bonds. The van der Waals surface area contributed by atoms with Crippen molar-refractivity contribution < 1.29 is 4.79 Å². The van der Waals surface area contributed by atoms with Crippen LogP contribution in [0.25, 0.3) is 11.3 Å². The quantitative estimate of drug-likeness (QED) is 0.533. The second kappa shape index (κ2) is 6.72. The molecule has 6 heteroatoms. The number of carbonyl (C=O) groups excluding carboxylic acids is 1. The molecule has 0 spiro atoms. The zero-order valence-electron chi connectivity index (χ0n) is 13.3. The van der Waals surface area contributed by atoms with Crippen LogP contribution in [0.1, 0.15) is 28.7 Å². The SMILES string of the molecule is CC(=O)c1cccc(-c2ccc(C=N)c(Nc3nc(C)cs3)c2)n1. The maximum atomic E-state index is 11.5. The number of aryl methyl sites for hydroxylation is 1. The van der Waals surface area contributed by atoms with Gasteiger partial charge in [-0.15, -0.1) is 11.3 Å². The van der Waals surface area contributed by atoms with Crippen molar-refractivity contribution in [2.45, 2.75) is 13.8 Å². The molecule has 0 unspecified atom stereocenters. The number of nitrogens with zero attached hydrogens (tertiary/aromatic N) is 2. The Hall–Kier alpha value is -2.86. The summed E-state index contributed by atoms with van der Waals surface area (Å²) >= 11 is 1.51. The molecule has 24 heavy (non-hydrogen) atoms. The molecular formula is C18H16N4OS. The lowest BCUT2D eigenvalue weighted by Crippen LogP contribution is -1.99. The third-order valence-electron chi connectivity index (χ3n) is 3.47. The predicted octanol–water partition coefficient (Wildman–Crippen LogP) is 4.46. The van der Waals surface area contributed by atoms with Gasteiger partial charge in [0.05, 0.1) is 11.4 Å². The summed E-state index contributed by atoms with van der Waals surface area (Å²) in [7, 11) is 0. The second-order valence-corrected chi connectivity index (χ2v) is 6.19. The number of carbonyl (C=O) groups is 1. The lowest BCUT2D eigenvalue weighted by Gasteiger charge is -2.10. The minimum atomic E-state index is -0.0652. The average Bonchev–Trinajstić information content (AvgIpc) is 3.00. The van der Waals surface area contributed by atoms with Gasteiger partial charge in [0.15, 0.2) is 10.9 Å². The van der Waals surface area contributed by atoms with Crippen LogP contribution in [0.5, 0.6) is 0 Å². The number of anilines is 2. The highest BCUT2D eigenvalue weighted by atomic mass is 32.1. The molecule has 2 N–H and O–H groups in total. The van der Waals surface area contributed by atoms with E-state index in [1.165, 1.54) is 24.5 Å². The van der Waals surface area contributed by atoms with E-state index >= 15 is 0 Å². The summed E-state index contributed by atoms with van der Waals surface area (Å²) in [4.78, 5) is 20.3. The molecule has 0 radical (unpaired) electrons. The molecule has 0 atom stereocenters. The molecule has 2 heterocycles. The number of benzene rings is 1. The smallest absolute Gasteiger partial charge is 0.187 e. The lowest BCUT2D eigenvalue weighted by molar-refractivity contribution is 0.101. The Labute approximate surface area is 143 Å². The number of pyridine rings is 1. The van der Waals surface area contributed by atoms with E-state index in [9.17, 15) is 4.79 Å². The van der Waals surface area contributed by atoms with E-state index in [2.05, 4.69) is 15.3 Å². The van der Waals surface area contributed by atoms with Crippen molar-refractivity contribution in [1.82, 2.24) is 9.97 Å². The van der Waals surface area contributed by atoms with Gasteiger partial charge in [-0.2, -0.15) is 0 Å². The number of Topliss-reactive ketones (excluding diaryl/α,β-unsaturated/α-hetero) is 1. The van der Waals surface area contributed by atoms with Crippen LogP contribution in [0.2, 0.25) is 0 Å². The second-order valence-electron chi connectivity index (χ2n) is 5.33. The van der Waals surface area contributed by atoms with Crippen LogP contribution in [0.4, 0.5) is 10.8 Å². The highest BCUT2D eigenvalue weighted by Crippen LogP contribution is 2.28. The van der Waals surface area contributed by atoms with Crippen LogP contribution in [0.3, 0.4) is 0 Å². The molecule has 0 fully saturated rings. The number of hydrogen-bond acceptors (Lipinski definition) is 6. The molecule has 0 bridgehead atoms. The Bertz CT molecular complexity index is 917. The van der Waals surface area contributed by atoms with Crippen molar-refractivity contribution in [3.63, 3.8) is 0 Å². The standard InChI is InChI=1S/C18H16N4OS/c1-11-10-24-18(20-11)22-17-8-13(6-7-14(17)9-19)16-5-3-4-15(21-16)12(2)23/h3-10,19H,1-2H3,(H,20,22). The van der Waals surface area contributed by atoms with Gasteiger partial charge in [0.1, 0.15) is 5.69 Å². The van der Waals surface area contributed by atoms with E-state index in [1.807, 2.05) is 42.6 Å². The van der Waals surface area contributed by atoms with Gasteiger partial charge < -0.3 is 10.7 Å². The van der Waals surface area contributed by atoms with Crippen LogP contribution in [-0.4, -0.2) is 22.0 Å². The van der Waals surface area contributed by atoms with Crippen LogP contribution in [-0.2, 0) is 0 Å². The normalized spacial score (nSPS) is 10.4. The zero-order valence-corrected chi connectivity index (χ0v) is 14.1. The zero-order chi connectivity index (χ0) is 17.1. The van der Waals surface area contributed by atoms with Crippen molar-refractivity contribution in [1.29, 1.82) is 5.41 Å². The van der Waals surface area contributed by atoms with E-state index in [0.717, 1.165) is 33.3 Å². The Morgan fingerprint density at radius 1 is 1.25 bits per heavy atom. The van der Waals surface area contributed by atoms with Gasteiger partial charge in [0.25, 0.3) is 0 Å². The molecule has 0 saturated heterocycles. The number of nitrogens with one attached hydrogen (secondary N) is 2. The first-order chi connectivity index (χ1) is 11.6. The topological polar surface area (TPSA) is 78.7 Å². The van der Waals surface area contributed by atoms with Gasteiger partial charge in [0.2, 0.25) is 0 Å². The molecule has 0 aliphatic rings. The molecule has 0 aliphatic heterocycles. The summed E-state index contributed by atoms with van der Waals surface area (Å²) in [6.07, 6.45) is 1.30. The van der Waals surface area contributed by atoms with Gasteiger partial charge in [-0.3, -0.25) is 4.79 Å². The minimum Gasteiger partial charge on any atom is -0.331 e. The largest absolute Gasteiger partial charge is 0.331 e. The van der Waals surface area contributed by atoms with Crippen molar-refractivity contribution in [2.75, 3.05) is 5.32 Å². The first kappa shape index (κ1) is 16.0. The van der Waals surface area contributed by atoms with E-state index in [0.29, 0.717) is 5.69 Å². The molecule has 5 nitrogen and oxygen atoms in total. The maximum Gasteiger partial charge on any atom is 0.187 e. The van der Waals surface area contributed by atoms with Gasteiger partial charge in [0, 0.05) is 35.3 Å². The summed E-state index contributed by atoms with van der Waals surface area (Å²) in [5.74, 6) is -0.0652. The number of rotatable bonds is 5. The Morgan fingerprint density at radius 3 is 2.75 bits per heavy atom. The Kier molecular flexibility index (Phi) is 4.48. The molecule has 0 saturated carbocycles. The number of ketones is 1. The van der Waals surface area contributed by atoms with Crippen LogP contribution >= 0.6 is 11.3 Å². The molecule has 0 aliphatic carbocycles. The average molecular weight is 336 g/mol. The minimum absolute atomic E-state index is 0.0652. The van der Waals surface area contributed by atoms with Crippen LogP contribution in [0, 0.1) is 12.3 Å². The maximum absolute atomic E-state index is 11.5. The molecule has 2 aromatic heterocycles. The summed E-state index contributed by atoms with van der Waals surface area (Å²) in [5.41, 5.74) is 4.53. The highest BCUT2D eigenvalue weighted by molar-refractivity contribution is 7.13. The number of aromatic nitrogens is 2. The van der Waals surface area contributed by atoms with Gasteiger partial charge in [-0.05, 0) is 25.1 Å². The number of hydrogen-bond donors (Lipinski definition) is 2. The van der Waals surface area contributed by atoms with Crippen LogP contribution < -0.4 is 5.32 Å². The van der Waals surface area contributed by atoms with E-state index < -0.39 is 0 Å². The number of thiazole rings is 1. The van der Waals surface area contributed by atoms with Gasteiger partial charge >= 0.3 is 0 Å². The fourth-order valence-electron chi connectivity index (χ4n) is 2.27. The van der Waals surface area contributed by atoms with Gasteiger partial charge in [-0.1, -0.05) is 18.2 Å². The summed E-state index contributed by atoms with van der Waals surface area (Å²) in [6.45, 7) is 3.44. The molecular weight excluding hydrogens is 320 g/mol. The van der Waals surface area contributed by atoms with E-state index in [1.54, 1.807) is 6.07 Å². The van der Waals surface area contributed by atoms with Crippen molar-refractivity contribution in [3.05, 3.63) is 58.7 Å². The Morgan fingerprint density at radius 2 is 2.08 bits per heavy atom. The summed E-state index contributed by atoms with van der Waals surface area (Å²) in [5, 5.41) is 13.6. The molecule has 1 aromatic carbocycles. The molecule has 3 aromatic rings. The monoisotopic (exact) mass is 336 g/mol. The van der Waals surface area contributed by atoms with Crippen LogP contribution in [0.15, 0.2) is 41.8 Å². The first-order valence-corrected chi connectivity index (χ1v) is 8.27. The Balaban J connectivity index is 2.01. The molecule has 120 valence electrons. The summed E-state index contributed by atoms with van der Waals surface area (Å²) in [6, 6.07) is 11.1. The van der Waals surface area contributed by atoms with Gasteiger partial charge in [-0.25, -0.2) is 9.97 Å². The summed E-state index contributed by atoms with van der Waals surface area (Å²) < 4.78 is 0. The van der Waals surface area contributed by atoms with Crippen molar-refractivity contribution in [3.8, 4) is 11.3 Å². The fourth-order valence-corrected chi connectivity index (χ4v) is 2.97. The van der Waals surface area contributed by atoms with Crippen molar-refractivity contribution >= 4 is 34.2 Å². The third kappa shape index (κ3) is 3.38. The van der Waals surface area contributed by atoms with E-state index in [-0.39, 0.29) is 5.78 Å². The third-order valence-corrected chi connectivity index (χ3v) is 4.35.